The lowest BCUT2D eigenvalue weighted by molar-refractivity contribution is 0.751. The van der Waals surface area contributed by atoms with E-state index in [1.165, 1.54) is 16.5 Å². The fourth-order valence-electron chi connectivity index (χ4n) is 2.24. The molecule has 1 aromatic carbocycles. The summed E-state index contributed by atoms with van der Waals surface area (Å²) in [6.07, 6.45) is 2.26. The first-order valence-corrected chi connectivity index (χ1v) is 7.60. The van der Waals surface area contributed by atoms with E-state index in [4.69, 9.17) is 5.73 Å². The monoisotopic (exact) mass is 275 g/mol. The molecular weight excluding hydrogens is 254 g/mol. The van der Waals surface area contributed by atoms with Gasteiger partial charge in [-0.15, -0.1) is 0 Å². The summed E-state index contributed by atoms with van der Waals surface area (Å²) in [4.78, 5) is 2.40. The highest BCUT2D eigenvalue weighted by atomic mass is 32.1. The first-order valence-electron chi connectivity index (χ1n) is 6.83. The first-order chi connectivity index (χ1) is 9.27. The van der Waals surface area contributed by atoms with E-state index in [1.807, 2.05) is 18.2 Å². The van der Waals surface area contributed by atoms with Gasteiger partial charge in [-0.2, -0.15) is 4.37 Å². The van der Waals surface area contributed by atoms with Gasteiger partial charge in [-0.25, -0.2) is 0 Å². The number of nitrogen functional groups attached to an aromatic ring is 1. The maximum Gasteiger partial charge on any atom is 0.147 e. The number of nitrogens with two attached hydrogens (primary N) is 1. The summed E-state index contributed by atoms with van der Waals surface area (Å²) >= 11 is 1.51. The highest BCUT2D eigenvalue weighted by Gasteiger charge is 2.18. The van der Waals surface area contributed by atoms with Crippen molar-refractivity contribution in [1.82, 2.24) is 4.37 Å². The molecule has 0 aliphatic carbocycles. The van der Waals surface area contributed by atoms with Crippen LogP contribution in [-0.2, 0) is 0 Å². The van der Waals surface area contributed by atoms with E-state index in [0.717, 1.165) is 37.1 Å². The minimum absolute atomic E-state index is 0.642. The van der Waals surface area contributed by atoms with Crippen molar-refractivity contribution in [3.8, 4) is 11.1 Å². The average molecular weight is 275 g/mol. The van der Waals surface area contributed by atoms with Gasteiger partial charge in [-0.3, -0.25) is 0 Å². The molecule has 19 heavy (non-hydrogen) atoms. The lowest BCUT2D eigenvalue weighted by Crippen LogP contribution is -2.24. The van der Waals surface area contributed by atoms with Crippen LogP contribution in [-0.4, -0.2) is 17.5 Å². The smallest absolute Gasteiger partial charge is 0.147 e. The van der Waals surface area contributed by atoms with E-state index in [2.05, 4.69) is 35.3 Å². The Kier molecular flexibility index (Phi) is 4.80. The van der Waals surface area contributed by atoms with E-state index < -0.39 is 0 Å². The second-order valence-corrected chi connectivity index (χ2v) is 5.35. The van der Waals surface area contributed by atoms with Crippen molar-refractivity contribution in [3.63, 3.8) is 0 Å². The molecule has 1 aromatic heterocycles. The van der Waals surface area contributed by atoms with Crippen molar-refractivity contribution < 1.29 is 0 Å². The normalized spacial score (nSPS) is 10.6. The van der Waals surface area contributed by atoms with Gasteiger partial charge in [0.15, 0.2) is 0 Å². The summed E-state index contributed by atoms with van der Waals surface area (Å²) in [6, 6.07) is 10.3. The number of benzene rings is 1. The van der Waals surface area contributed by atoms with Gasteiger partial charge in [0.2, 0.25) is 0 Å². The molecule has 0 saturated carbocycles. The summed E-state index contributed by atoms with van der Waals surface area (Å²) < 4.78 is 4.36. The first kappa shape index (κ1) is 13.9. The molecule has 0 aliphatic rings. The third kappa shape index (κ3) is 3.07. The third-order valence-corrected chi connectivity index (χ3v) is 3.96. The van der Waals surface area contributed by atoms with Crippen LogP contribution >= 0.6 is 11.5 Å². The second-order valence-electron chi connectivity index (χ2n) is 4.60. The molecule has 0 atom stereocenters. The van der Waals surface area contributed by atoms with Gasteiger partial charge in [0.1, 0.15) is 10.8 Å². The minimum Gasteiger partial charge on any atom is -0.382 e. The second kappa shape index (κ2) is 6.57. The molecule has 2 rings (SSSR count). The van der Waals surface area contributed by atoms with Crippen LogP contribution in [0.25, 0.3) is 11.1 Å². The summed E-state index contributed by atoms with van der Waals surface area (Å²) in [5, 5.41) is 1.20. The fraction of sp³-hybridized carbons (Fsp3) is 0.400. The number of hydrogen-bond donors (Lipinski definition) is 1. The number of anilines is 2. The summed E-state index contributed by atoms with van der Waals surface area (Å²) in [5.41, 5.74) is 8.32. The van der Waals surface area contributed by atoms with E-state index in [0.29, 0.717) is 5.82 Å². The van der Waals surface area contributed by atoms with Gasteiger partial charge in [-0.05, 0) is 29.9 Å². The largest absolute Gasteiger partial charge is 0.382 e. The maximum absolute atomic E-state index is 6.08. The zero-order chi connectivity index (χ0) is 13.7. The Bertz CT molecular complexity index is 501. The summed E-state index contributed by atoms with van der Waals surface area (Å²) in [7, 11) is 0. The zero-order valence-electron chi connectivity index (χ0n) is 11.6. The van der Waals surface area contributed by atoms with Gasteiger partial charge in [0.05, 0.1) is 5.56 Å². The SMILES string of the molecule is CCCN(CCC)c1snc(N)c1-c1ccccc1. The Morgan fingerprint density at radius 2 is 1.74 bits per heavy atom. The molecule has 2 N–H and O–H groups in total. The fourth-order valence-corrected chi connectivity index (χ4v) is 3.13. The molecule has 3 nitrogen and oxygen atoms in total. The van der Waals surface area contributed by atoms with Crippen molar-refractivity contribution >= 4 is 22.4 Å². The Hall–Kier alpha value is -1.55. The van der Waals surface area contributed by atoms with E-state index in [9.17, 15) is 0 Å². The van der Waals surface area contributed by atoms with Crippen LogP contribution in [0.3, 0.4) is 0 Å². The highest BCUT2D eigenvalue weighted by molar-refractivity contribution is 7.11. The number of nitrogens with zero attached hydrogens (tertiary/aromatic N) is 2. The zero-order valence-corrected chi connectivity index (χ0v) is 12.4. The molecule has 0 saturated heterocycles. The topological polar surface area (TPSA) is 42.2 Å². The van der Waals surface area contributed by atoms with Crippen molar-refractivity contribution in [3.05, 3.63) is 30.3 Å². The van der Waals surface area contributed by atoms with Gasteiger partial charge in [0, 0.05) is 13.1 Å². The minimum atomic E-state index is 0.642. The van der Waals surface area contributed by atoms with Crippen LogP contribution < -0.4 is 10.6 Å². The van der Waals surface area contributed by atoms with Crippen LogP contribution in [0.1, 0.15) is 26.7 Å². The Morgan fingerprint density at radius 1 is 1.11 bits per heavy atom. The Balaban J connectivity index is 2.41. The van der Waals surface area contributed by atoms with Crippen molar-refractivity contribution in [2.75, 3.05) is 23.7 Å². The maximum atomic E-state index is 6.08. The number of aromatic nitrogens is 1. The summed E-state index contributed by atoms with van der Waals surface area (Å²) in [6.45, 7) is 6.51. The average Bonchev–Trinajstić information content (AvgIpc) is 2.81. The van der Waals surface area contributed by atoms with E-state index in [1.54, 1.807) is 0 Å². The summed E-state index contributed by atoms with van der Waals surface area (Å²) in [5.74, 6) is 0.642. The molecule has 0 amide bonds. The van der Waals surface area contributed by atoms with Crippen LogP contribution in [0.15, 0.2) is 30.3 Å². The van der Waals surface area contributed by atoms with Crippen LogP contribution in [0.4, 0.5) is 10.8 Å². The van der Waals surface area contributed by atoms with Gasteiger partial charge in [0.25, 0.3) is 0 Å². The molecule has 0 spiro atoms. The lowest BCUT2D eigenvalue weighted by atomic mass is 10.1. The van der Waals surface area contributed by atoms with E-state index >= 15 is 0 Å². The van der Waals surface area contributed by atoms with Gasteiger partial charge in [-0.1, -0.05) is 44.2 Å². The highest BCUT2D eigenvalue weighted by Crippen LogP contribution is 2.39. The predicted octanol–water partition coefficient (Wildman–Crippen LogP) is 4.02. The molecule has 0 aliphatic heterocycles. The Morgan fingerprint density at radius 3 is 2.32 bits per heavy atom. The third-order valence-electron chi connectivity index (χ3n) is 3.04. The molecule has 0 unspecified atom stereocenters. The molecule has 0 fully saturated rings. The molecule has 2 aromatic rings. The molecule has 0 radical (unpaired) electrons. The molecule has 1 heterocycles. The number of hydrogen-bond acceptors (Lipinski definition) is 4. The van der Waals surface area contributed by atoms with Crippen molar-refractivity contribution in [2.24, 2.45) is 0 Å². The van der Waals surface area contributed by atoms with Crippen LogP contribution in [0.2, 0.25) is 0 Å². The molecule has 102 valence electrons. The van der Waals surface area contributed by atoms with Crippen molar-refractivity contribution in [2.45, 2.75) is 26.7 Å². The van der Waals surface area contributed by atoms with Crippen LogP contribution in [0, 0.1) is 0 Å². The standard InChI is InChI=1S/C15H21N3S/c1-3-10-18(11-4-2)15-13(14(16)17-19-15)12-8-6-5-7-9-12/h5-9H,3-4,10-11H2,1-2H3,(H2,16,17). The Labute approximate surface area is 119 Å². The quantitative estimate of drug-likeness (QED) is 0.865. The van der Waals surface area contributed by atoms with Gasteiger partial charge >= 0.3 is 0 Å². The van der Waals surface area contributed by atoms with E-state index in [-0.39, 0.29) is 0 Å². The lowest BCUT2D eigenvalue weighted by Gasteiger charge is -2.23. The molecule has 0 bridgehead atoms. The van der Waals surface area contributed by atoms with Crippen molar-refractivity contribution in [1.29, 1.82) is 0 Å². The van der Waals surface area contributed by atoms with Crippen LogP contribution in [0.5, 0.6) is 0 Å². The van der Waals surface area contributed by atoms with Gasteiger partial charge < -0.3 is 10.6 Å². The molecular formula is C15H21N3S. The number of rotatable bonds is 6. The molecule has 4 heteroatoms. The predicted molar refractivity (Wildman–Crippen MR) is 84.8 cm³/mol.